The number of pyridine rings is 1. The van der Waals surface area contributed by atoms with Gasteiger partial charge in [0.15, 0.2) is 11.6 Å². The fraction of sp³-hybridized carbons (Fsp3) is 0.148. The van der Waals surface area contributed by atoms with Gasteiger partial charge >= 0.3 is 0 Å². The second kappa shape index (κ2) is 10.6. The van der Waals surface area contributed by atoms with Crippen LogP contribution in [0.25, 0.3) is 6.08 Å². The van der Waals surface area contributed by atoms with Crippen molar-refractivity contribution in [3.8, 4) is 11.5 Å². The highest BCUT2D eigenvalue weighted by Crippen LogP contribution is 2.25. The van der Waals surface area contributed by atoms with E-state index in [0.717, 1.165) is 22.5 Å². The molecule has 0 bridgehead atoms. The first kappa shape index (κ1) is 22.9. The Morgan fingerprint density at radius 3 is 2.68 bits per heavy atom. The van der Waals surface area contributed by atoms with E-state index in [1.54, 1.807) is 30.5 Å². The van der Waals surface area contributed by atoms with E-state index >= 15 is 0 Å². The van der Waals surface area contributed by atoms with Gasteiger partial charge in [0, 0.05) is 30.1 Å². The molecule has 0 saturated carbocycles. The van der Waals surface area contributed by atoms with Gasteiger partial charge in [-0.1, -0.05) is 36.4 Å². The molecular weight excluding hydrogens is 431 g/mol. The molecule has 172 valence electrons. The smallest absolute Gasteiger partial charge is 0.244 e. The van der Waals surface area contributed by atoms with E-state index in [-0.39, 0.29) is 11.7 Å². The quantitative estimate of drug-likeness (QED) is 0.370. The second-order valence-corrected chi connectivity index (χ2v) is 7.82. The molecule has 7 heteroatoms. The van der Waals surface area contributed by atoms with Crippen molar-refractivity contribution in [2.75, 3.05) is 0 Å². The lowest BCUT2D eigenvalue weighted by atomic mass is 10.1. The highest BCUT2D eigenvalue weighted by atomic mass is 19.1. The first-order valence-corrected chi connectivity index (χ1v) is 10.9. The Morgan fingerprint density at radius 2 is 1.94 bits per heavy atom. The minimum Gasteiger partial charge on any atom is -0.453 e. The van der Waals surface area contributed by atoms with Crippen LogP contribution in [-0.2, 0) is 17.9 Å². The minimum absolute atomic E-state index is 0.0908. The van der Waals surface area contributed by atoms with Crippen molar-refractivity contribution in [2.45, 2.75) is 26.9 Å². The van der Waals surface area contributed by atoms with Gasteiger partial charge in [0.05, 0.1) is 18.4 Å². The molecule has 1 N–H and O–H groups in total. The summed E-state index contributed by atoms with van der Waals surface area (Å²) in [5, 5.41) is 7.50. The van der Waals surface area contributed by atoms with Crippen molar-refractivity contribution < 1.29 is 13.9 Å². The number of carbonyl (C=O) groups is 1. The van der Waals surface area contributed by atoms with E-state index in [0.29, 0.717) is 24.4 Å². The maximum atomic E-state index is 14.4. The molecule has 1 amide bonds. The molecule has 2 aromatic carbocycles. The van der Waals surface area contributed by atoms with Crippen LogP contribution in [-0.4, -0.2) is 20.7 Å². The second-order valence-electron chi connectivity index (χ2n) is 7.82. The van der Waals surface area contributed by atoms with E-state index < -0.39 is 5.82 Å². The monoisotopic (exact) mass is 456 g/mol. The summed E-state index contributed by atoms with van der Waals surface area (Å²) in [6.45, 7) is 4.97. The Morgan fingerprint density at radius 1 is 1.12 bits per heavy atom. The molecule has 0 fully saturated rings. The van der Waals surface area contributed by atoms with Gasteiger partial charge in [-0.05, 0) is 55.3 Å². The molecule has 0 aliphatic carbocycles. The number of amides is 1. The molecule has 0 atom stereocenters. The predicted molar refractivity (Wildman–Crippen MR) is 129 cm³/mol. The number of halogens is 1. The molecule has 0 unspecified atom stereocenters. The molecule has 0 saturated heterocycles. The van der Waals surface area contributed by atoms with Crippen LogP contribution in [0.1, 0.15) is 28.1 Å². The van der Waals surface area contributed by atoms with Crippen molar-refractivity contribution >= 4 is 12.0 Å². The summed E-state index contributed by atoms with van der Waals surface area (Å²) < 4.78 is 21.8. The molecule has 0 radical (unpaired) electrons. The average molecular weight is 457 g/mol. The molecule has 2 aromatic heterocycles. The van der Waals surface area contributed by atoms with Gasteiger partial charge < -0.3 is 10.1 Å². The van der Waals surface area contributed by atoms with Crippen molar-refractivity contribution in [3.63, 3.8) is 0 Å². The maximum Gasteiger partial charge on any atom is 0.244 e. The van der Waals surface area contributed by atoms with Crippen LogP contribution in [0.2, 0.25) is 0 Å². The fourth-order valence-electron chi connectivity index (χ4n) is 3.54. The maximum absolute atomic E-state index is 14.4. The van der Waals surface area contributed by atoms with E-state index in [9.17, 15) is 9.18 Å². The van der Waals surface area contributed by atoms with Gasteiger partial charge in [0.25, 0.3) is 0 Å². The van der Waals surface area contributed by atoms with Crippen LogP contribution < -0.4 is 10.1 Å². The molecule has 0 aliphatic rings. The number of hydrogen-bond acceptors (Lipinski definition) is 4. The molecule has 34 heavy (non-hydrogen) atoms. The van der Waals surface area contributed by atoms with Crippen LogP contribution >= 0.6 is 0 Å². The Bertz CT molecular complexity index is 1300. The topological polar surface area (TPSA) is 69.0 Å². The minimum atomic E-state index is -0.525. The summed E-state index contributed by atoms with van der Waals surface area (Å²) in [6.07, 6.45) is 6.06. The lowest BCUT2D eigenvalue weighted by Gasteiger charge is -2.07. The van der Waals surface area contributed by atoms with Gasteiger partial charge in [-0.2, -0.15) is 5.10 Å². The summed E-state index contributed by atoms with van der Waals surface area (Å²) in [5.41, 5.74) is 4.59. The van der Waals surface area contributed by atoms with E-state index in [2.05, 4.69) is 27.5 Å². The van der Waals surface area contributed by atoms with Crippen molar-refractivity contribution in [1.29, 1.82) is 0 Å². The number of aromatic nitrogens is 3. The molecule has 0 aliphatic heterocycles. The summed E-state index contributed by atoms with van der Waals surface area (Å²) in [4.78, 5) is 16.3. The average Bonchev–Trinajstić information content (AvgIpc) is 3.11. The molecule has 4 rings (SSSR count). The van der Waals surface area contributed by atoms with Crippen molar-refractivity contribution in [2.24, 2.45) is 0 Å². The van der Waals surface area contributed by atoms with Crippen molar-refractivity contribution in [3.05, 3.63) is 113 Å². The van der Waals surface area contributed by atoms with Crippen LogP contribution in [0, 0.1) is 19.7 Å². The van der Waals surface area contributed by atoms with Crippen LogP contribution in [0.3, 0.4) is 0 Å². The summed E-state index contributed by atoms with van der Waals surface area (Å²) in [5.74, 6) is -0.260. The van der Waals surface area contributed by atoms with Crippen LogP contribution in [0.15, 0.2) is 79.1 Å². The first-order chi connectivity index (χ1) is 16.5. The number of nitrogens with one attached hydrogen (secondary N) is 1. The third kappa shape index (κ3) is 5.75. The molecule has 2 heterocycles. The zero-order valence-corrected chi connectivity index (χ0v) is 19.0. The number of aryl methyl sites for hydroxylation is 1. The number of benzene rings is 2. The summed E-state index contributed by atoms with van der Waals surface area (Å²) in [6, 6.07) is 18.0. The summed E-state index contributed by atoms with van der Waals surface area (Å²) >= 11 is 0. The van der Waals surface area contributed by atoms with E-state index in [4.69, 9.17) is 4.74 Å². The third-order valence-corrected chi connectivity index (χ3v) is 5.39. The zero-order chi connectivity index (χ0) is 23.9. The van der Waals surface area contributed by atoms with Gasteiger partial charge in [-0.25, -0.2) is 4.39 Å². The Kier molecular flexibility index (Phi) is 7.13. The first-order valence-electron chi connectivity index (χ1n) is 10.9. The fourth-order valence-corrected chi connectivity index (χ4v) is 3.54. The number of hydrogen-bond donors (Lipinski definition) is 1. The SMILES string of the molecule is Cc1nn(Cc2ccccc2)c(C)c1CNC(=O)/C=C/c1ccc(Oc2cccnc2)c(F)c1. The number of ether oxygens (including phenoxy) is 1. The standard InChI is InChI=1S/C27H25FN4O2/c1-19-24(20(2)32(31-19)18-22-7-4-3-5-8-22)17-30-27(33)13-11-21-10-12-26(25(28)15-21)34-23-9-6-14-29-16-23/h3-16H,17-18H2,1-2H3,(H,30,33)/b13-11+. The molecular formula is C27H25FN4O2. The number of rotatable bonds is 8. The largest absolute Gasteiger partial charge is 0.453 e. The van der Waals surface area contributed by atoms with E-state index in [1.165, 1.54) is 24.4 Å². The third-order valence-electron chi connectivity index (χ3n) is 5.39. The predicted octanol–water partition coefficient (Wildman–Crippen LogP) is 5.20. The lowest BCUT2D eigenvalue weighted by Crippen LogP contribution is -2.21. The lowest BCUT2D eigenvalue weighted by molar-refractivity contribution is -0.116. The highest BCUT2D eigenvalue weighted by Gasteiger charge is 2.12. The molecule has 0 spiro atoms. The Labute approximate surface area is 197 Å². The molecule has 4 aromatic rings. The molecule has 6 nitrogen and oxygen atoms in total. The highest BCUT2D eigenvalue weighted by molar-refractivity contribution is 5.91. The zero-order valence-electron chi connectivity index (χ0n) is 19.0. The van der Waals surface area contributed by atoms with Gasteiger partial charge in [-0.15, -0.1) is 0 Å². The van der Waals surface area contributed by atoms with Gasteiger partial charge in [0.2, 0.25) is 5.91 Å². The number of nitrogens with zero attached hydrogens (tertiary/aromatic N) is 3. The van der Waals surface area contributed by atoms with Crippen LogP contribution in [0.5, 0.6) is 11.5 Å². The van der Waals surface area contributed by atoms with Crippen molar-refractivity contribution in [1.82, 2.24) is 20.1 Å². The van der Waals surface area contributed by atoms with Gasteiger partial charge in [-0.3, -0.25) is 14.5 Å². The Hall–Kier alpha value is -4.26. The normalized spacial score (nSPS) is 11.0. The number of carbonyl (C=O) groups excluding carboxylic acids is 1. The van der Waals surface area contributed by atoms with Gasteiger partial charge in [0.1, 0.15) is 5.75 Å². The Balaban J connectivity index is 1.35. The summed E-state index contributed by atoms with van der Waals surface area (Å²) in [7, 11) is 0. The van der Waals surface area contributed by atoms with E-state index in [1.807, 2.05) is 36.7 Å². The van der Waals surface area contributed by atoms with Crippen LogP contribution in [0.4, 0.5) is 4.39 Å².